The van der Waals surface area contributed by atoms with Crippen molar-refractivity contribution >= 4 is 11.7 Å². The van der Waals surface area contributed by atoms with Crippen LogP contribution in [0.5, 0.6) is 0 Å². The summed E-state index contributed by atoms with van der Waals surface area (Å²) in [5, 5.41) is 1.45. The fourth-order valence-corrected chi connectivity index (χ4v) is 1.59. The molecule has 1 rings (SSSR count). The minimum atomic E-state index is -0.465. The van der Waals surface area contributed by atoms with Crippen molar-refractivity contribution in [3.63, 3.8) is 0 Å². The molecule has 0 saturated carbocycles. The zero-order valence-corrected chi connectivity index (χ0v) is 9.88. The van der Waals surface area contributed by atoms with Gasteiger partial charge in [-0.3, -0.25) is 5.01 Å². The molecule has 0 aliphatic carbocycles. The number of anilines is 1. The van der Waals surface area contributed by atoms with Crippen LogP contribution in [-0.4, -0.2) is 19.1 Å². The third-order valence-electron chi connectivity index (χ3n) is 2.43. The number of hydrazine groups is 1. The highest BCUT2D eigenvalue weighted by molar-refractivity contribution is 5.79. The molecular weight excluding hydrogens is 204 g/mol. The van der Waals surface area contributed by atoms with E-state index in [9.17, 15) is 4.79 Å². The molecule has 0 aliphatic heterocycles. The van der Waals surface area contributed by atoms with E-state index in [1.165, 1.54) is 12.1 Å². The standard InChI is InChI=1S/C12H18N2O2/c1-9(2)11(12(15)16-3)14(13)10-7-5-4-6-8-10/h4-9,11H,13H2,1-3H3/t11-/m0/s1. The molecule has 0 saturated heterocycles. The van der Waals surface area contributed by atoms with Crippen LogP contribution in [0.15, 0.2) is 30.3 Å². The van der Waals surface area contributed by atoms with Crippen molar-refractivity contribution < 1.29 is 9.53 Å². The Morgan fingerprint density at radius 3 is 2.31 bits per heavy atom. The Morgan fingerprint density at radius 1 is 1.31 bits per heavy atom. The van der Waals surface area contributed by atoms with Crippen molar-refractivity contribution in [1.29, 1.82) is 0 Å². The molecule has 2 N–H and O–H groups in total. The van der Waals surface area contributed by atoms with E-state index in [1.54, 1.807) is 0 Å². The minimum absolute atomic E-state index is 0.0812. The fourth-order valence-electron chi connectivity index (χ4n) is 1.59. The molecule has 1 aromatic rings. The summed E-state index contributed by atoms with van der Waals surface area (Å²) in [6.07, 6.45) is 0. The van der Waals surface area contributed by atoms with E-state index in [-0.39, 0.29) is 11.9 Å². The minimum Gasteiger partial charge on any atom is -0.467 e. The number of nitrogens with two attached hydrogens (primary N) is 1. The van der Waals surface area contributed by atoms with Crippen LogP contribution in [0.3, 0.4) is 0 Å². The maximum absolute atomic E-state index is 11.6. The summed E-state index contributed by atoms with van der Waals surface area (Å²) in [5.41, 5.74) is 0.798. The van der Waals surface area contributed by atoms with Crippen molar-refractivity contribution in [2.75, 3.05) is 12.1 Å². The van der Waals surface area contributed by atoms with Crippen molar-refractivity contribution in [3.05, 3.63) is 30.3 Å². The van der Waals surface area contributed by atoms with Gasteiger partial charge in [-0.1, -0.05) is 32.0 Å². The molecule has 4 heteroatoms. The number of nitrogens with zero attached hydrogens (tertiary/aromatic N) is 1. The number of rotatable bonds is 4. The topological polar surface area (TPSA) is 55.6 Å². The first-order valence-corrected chi connectivity index (χ1v) is 5.24. The average Bonchev–Trinajstić information content (AvgIpc) is 2.29. The maximum Gasteiger partial charge on any atom is 0.330 e. The molecule has 0 amide bonds. The number of ether oxygens (including phenoxy) is 1. The van der Waals surface area contributed by atoms with Crippen molar-refractivity contribution in [2.45, 2.75) is 19.9 Å². The maximum atomic E-state index is 11.6. The van der Waals surface area contributed by atoms with Crippen LogP contribution in [0.1, 0.15) is 13.8 Å². The van der Waals surface area contributed by atoms with Crippen LogP contribution < -0.4 is 10.9 Å². The number of para-hydroxylation sites is 1. The SMILES string of the molecule is COC(=O)[C@H](C(C)C)N(N)c1ccccc1. The molecule has 16 heavy (non-hydrogen) atoms. The van der Waals surface area contributed by atoms with Crippen LogP contribution in [-0.2, 0) is 9.53 Å². The molecule has 0 aromatic heterocycles. The quantitative estimate of drug-likeness (QED) is 0.477. The molecule has 1 aromatic carbocycles. The van der Waals surface area contributed by atoms with Crippen LogP contribution in [0.4, 0.5) is 5.69 Å². The van der Waals surface area contributed by atoms with Gasteiger partial charge in [-0.15, -0.1) is 0 Å². The summed E-state index contributed by atoms with van der Waals surface area (Å²) < 4.78 is 4.76. The summed E-state index contributed by atoms with van der Waals surface area (Å²) >= 11 is 0. The highest BCUT2D eigenvalue weighted by Gasteiger charge is 2.28. The third-order valence-corrected chi connectivity index (χ3v) is 2.43. The smallest absolute Gasteiger partial charge is 0.330 e. The molecule has 0 unspecified atom stereocenters. The van der Waals surface area contributed by atoms with Gasteiger partial charge in [0.2, 0.25) is 0 Å². The lowest BCUT2D eigenvalue weighted by Crippen LogP contribution is -2.49. The number of hydrogen-bond donors (Lipinski definition) is 1. The summed E-state index contributed by atoms with van der Waals surface area (Å²) in [6, 6.07) is 8.91. The number of hydrogen-bond acceptors (Lipinski definition) is 4. The molecule has 0 radical (unpaired) electrons. The lowest BCUT2D eigenvalue weighted by molar-refractivity contribution is -0.143. The first-order valence-electron chi connectivity index (χ1n) is 5.24. The van der Waals surface area contributed by atoms with E-state index in [2.05, 4.69) is 0 Å². The second kappa shape index (κ2) is 5.51. The fraction of sp³-hybridized carbons (Fsp3) is 0.417. The Balaban J connectivity index is 2.92. The van der Waals surface area contributed by atoms with Crippen molar-refractivity contribution in [2.24, 2.45) is 11.8 Å². The molecule has 0 spiro atoms. The third kappa shape index (κ3) is 2.73. The van der Waals surface area contributed by atoms with Gasteiger partial charge in [0.1, 0.15) is 6.04 Å². The van der Waals surface area contributed by atoms with Crippen LogP contribution in [0.25, 0.3) is 0 Å². The van der Waals surface area contributed by atoms with Gasteiger partial charge in [0, 0.05) is 0 Å². The number of methoxy groups -OCH3 is 1. The largest absolute Gasteiger partial charge is 0.467 e. The Hall–Kier alpha value is -1.55. The number of esters is 1. The molecule has 4 nitrogen and oxygen atoms in total. The van der Waals surface area contributed by atoms with Gasteiger partial charge in [-0.25, -0.2) is 10.6 Å². The summed E-state index contributed by atoms with van der Waals surface area (Å²) in [6.45, 7) is 3.87. The van der Waals surface area contributed by atoms with E-state index < -0.39 is 6.04 Å². The van der Waals surface area contributed by atoms with E-state index >= 15 is 0 Å². The Morgan fingerprint density at radius 2 is 1.88 bits per heavy atom. The van der Waals surface area contributed by atoms with Gasteiger partial charge in [0.05, 0.1) is 12.8 Å². The van der Waals surface area contributed by atoms with Gasteiger partial charge in [0.25, 0.3) is 0 Å². The zero-order chi connectivity index (χ0) is 12.1. The van der Waals surface area contributed by atoms with Crippen LogP contribution >= 0.6 is 0 Å². The summed E-state index contributed by atoms with van der Waals surface area (Å²) in [5.74, 6) is 5.71. The molecular formula is C12H18N2O2. The highest BCUT2D eigenvalue weighted by atomic mass is 16.5. The first-order chi connectivity index (χ1) is 7.57. The summed E-state index contributed by atoms with van der Waals surface area (Å²) in [4.78, 5) is 11.6. The lowest BCUT2D eigenvalue weighted by atomic mass is 10.0. The van der Waals surface area contributed by atoms with Crippen molar-refractivity contribution in [1.82, 2.24) is 0 Å². The predicted octanol–water partition coefficient (Wildman–Crippen LogP) is 1.56. The molecule has 0 bridgehead atoms. The monoisotopic (exact) mass is 222 g/mol. The van der Waals surface area contributed by atoms with E-state index in [0.717, 1.165) is 5.69 Å². The van der Waals surface area contributed by atoms with Gasteiger partial charge in [-0.2, -0.15) is 0 Å². The summed E-state index contributed by atoms with van der Waals surface area (Å²) in [7, 11) is 1.37. The molecule has 0 fully saturated rings. The van der Waals surface area contributed by atoms with E-state index in [0.29, 0.717) is 0 Å². The van der Waals surface area contributed by atoms with Gasteiger partial charge in [0.15, 0.2) is 0 Å². The van der Waals surface area contributed by atoms with Gasteiger partial charge < -0.3 is 4.74 Å². The Bertz CT molecular complexity index is 338. The van der Waals surface area contributed by atoms with Gasteiger partial charge in [-0.05, 0) is 18.1 Å². The predicted molar refractivity (Wildman–Crippen MR) is 63.8 cm³/mol. The Labute approximate surface area is 96.0 Å². The Kier molecular flexibility index (Phi) is 4.31. The van der Waals surface area contributed by atoms with Crippen LogP contribution in [0.2, 0.25) is 0 Å². The molecule has 1 atom stereocenters. The van der Waals surface area contributed by atoms with Gasteiger partial charge >= 0.3 is 5.97 Å². The molecule has 0 aliphatic rings. The lowest BCUT2D eigenvalue weighted by Gasteiger charge is -2.29. The average molecular weight is 222 g/mol. The molecule has 88 valence electrons. The van der Waals surface area contributed by atoms with E-state index in [4.69, 9.17) is 10.6 Å². The first kappa shape index (κ1) is 12.5. The van der Waals surface area contributed by atoms with Crippen molar-refractivity contribution in [3.8, 4) is 0 Å². The zero-order valence-electron chi connectivity index (χ0n) is 9.88. The van der Waals surface area contributed by atoms with Crippen LogP contribution in [0, 0.1) is 5.92 Å². The second-order valence-electron chi connectivity index (χ2n) is 3.95. The number of benzene rings is 1. The number of carbonyl (C=O) groups is 1. The normalized spacial score (nSPS) is 12.3. The second-order valence-corrected chi connectivity index (χ2v) is 3.95. The number of carbonyl (C=O) groups excluding carboxylic acids is 1. The highest BCUT2D eigenvalue weighted by Crippen LogP contribution is 2.18. The molecule has 0 heterocycles. The van der Waals surface area contributed by atoms with E-state index in [1.807, 2.05) is 44.2 Å².